The lowest BCUT2D eigenvalue weighted by molar-refractivity contribution is 0.416. The smallest absolute Gasteiger partial charge is 0.231 e. The van der Waals surface area contributed by atoms with Crippen LogP contribution in [0, 0.1) is 29.6 Å². The van der Waals surface area contributed by atoms with E-state index in [0.717, 1.165) is 34.5 Å². The number of fused-ring (bicyclic) bond motifs is 1. The largest absolute Gasteiger partial charge is 0.495 e. The van der Waals surface area contributed by atoms with E-state index in [1.807, 2.05) is 42.7 Å². The quantitative estimate of drug-likeness (QED) is 0.271. The molecule has 0 aliphatic heterocycles. The molecule has 4 rings (SSSR count). The number of hydrogen-bond donors (Lipinski definition) is 2. The van der Waals surface area contributed by atoms with Crippen LogP contribution in [0.2, 0.25) is 0 Å². The fourth-order valence-electron chi connectivity index (χ4n) is 4.04. The highest BCUT2D eigenvalue weighted by atomic mass is 16.5. The van der Waals surface area contributed by atoms with Gasteiger partial charge in [0.05, 0.1) is 36.8 Å². The number of aromatic nitrogens is 4. The van der Waals surface area contributed by atoms with Crippen LogP contribution in [-0.4, -0.2) is 26.6 Å². The minimum atomic E-state index is 0.144. The summed E-state index contributed by atoms with van der Waals surface area (Å²) in [5, 5.41) is 24.9. The van der Waals surface area contributed by atoms with Gasteiger partial charge in [-0.2, -0.15) is 20.5 Å². The van der Waals surface area contributed by atoms with Gasteiger partial charge in [-0.1, -0.05) is 6.92 Å². The van der Waals surface area contributed by atoms with Crippen LogP contribution in [0.3, 0.4) is 0 Å². The average Bonchev–Trinajstić information content (AvgIpc) is 3.33. The molecule has 186 valence electrons. The summed E-state index contributed by atoms with van der Waals surface area (Å²) < 4.78 is 7.72. The van der Waals surface area contributed by atoms with Crippen molar-refractivity contribution in [3.63, 3.8) is 0 Å². The molecule has 0 spiro atoms. The number of aryl methyl sites for hydroxylation is 1. The molecule has 2 aromatic carbocycles. The fourth-order valence-corrected chi connectivity index (χ4v) is 4.04. The lowest BCUT2D eigenvalue weighted by atomic mass is 9.99. The maximum Gasteiger partial charge on any atom is 0.231 e. The van der Waals surface area contributed by atoms with E-state index in [0.29, 0.717) is 34.2 Å². The standard InChI is InChI=1S/C28H28N8O/c1-6-20(11-12-29)21-13-18(4)24(23(14-21)37-5)33-26-25-27(36(16-31-25)17(2)3)35-28(34-26)32-22-9-7-19(15-30)8-10-22/h7-11,13-14,16-17H,6H2,1-5H3,(H2,32,33,34,35). The maximum atomic E-state index is 9.16. The van der Waals surface area contributed by atoms with Crippen molar-refractivity contribution < 1.29 is 4.74 Å². The van der Waals surface area contributed by atoms with Crippen molar-refractivity contribution in [2.45, 2.75) is 40.2 Å². The number of imidazole rings is 1. The van der Waals surface area contributed by atoms with Crippen LogP contribution in [0.1, 0.15) is 49.9 Å². The number of methoxy groups -OCH3 is 1. The highest BCUT2D eigenvalue weighted by Crippen LogP contribution is 2.36. The zero-order valence-corrected chi connectivity index (χ0v) is 21.5. The fraction of sp³-hybridized carbons (Fsp3) is 0.250. The Morgan fingerprint density at radius 1 is 1.14 bits per heavy atom. The highest BCUT2D eigenvalue weighted by Gasteiger charge is 2.18. The number of nitriles is 2. The zero-order chi connectivity index (χ0) is 26.5. The summed E-state index contributed by atoms with van der Waals surface area (Å²) in [4.78, 5) is 14.1. The molecular formula is C28H28N8O. The molecule has 0 aliphatic carbocycles. The Morgan fingerprint density at radius 2 is 1.89 bits per heavy atom. The minimum Gasteiger partial charge on any atom is -0.495 e. The second-order valence-electron chi connectivity index (χ2n) is 8.78. The SMILES string of the molecule is CCC(=CC#N)c1cc(C)c(Nc2nc(Nc3ccc(C#N)cc3)nc3c2ncn3C(C)C)c(OC)c1. The van der Waals surface area contributed by atoms with Crippen LogP contribution in [0.15, 0.2) is 48.8 Å². The predicted molar refractivity (Wildman–Crippen MR) is 145 cm³/mol. The van der Waals surface area contributed by atoms with Crippen molar-refractivity contribution in [3.8, 4) is 17.9 Å². The Balaban J connectivity index is 1.81. The van der Waals surface area contributed by atoms with Crippen LogP contribution in [0.5, 0.6) is 5.75 Å². The summed E-state index contributed by atoms with van der Waals surface area (Å²) in [6.45, 7) is 8.13. The number of rotatable bonds is 8. The number of benzene rings is 2. The van der Waals surface area contributed by atoms with Gasteiger partial charge in [-0.05, 0) is 80.3 Å². The number of ether oxygens (including phenoxy) is 1. The van der Waals surface area contributed by atoms with Gasteiger partial charge in [0.1, 0.15) is 5.75 Å². The van der Waals surface area contributed by atoms with Gasteiger partial charge in [-0.15, -0.1) is 0 Å². The first-order chi connectivity index (χ1) is 17.9. The van der Waals surface area contributed by atoms with Crippen molar-refractivity contribution in [2.75, 3.05) is 17.7 Å². The van der Waals surface area contributed by atoms with E-state index in [2.05, 4.69) is 41.6 Å². The van der Waals surface area contributed by atoms with Crippen LogP contribution >= 0.6 is 0 Å². The van der Waals surface area contributed by atoms with Gasteiger partial charge < -0.3 is 19.9 Å². The molecule has 0 atom stereocenters. The summed E-state index contributed by atoms with van der Waals surface area (Å²) in [6, 6.07) is 15.4. The predicted octanol–water partition coefficient (Wildman–Crippen LogP) is 6.40. The highest BCUT2D eigenvalue weighted by molar-refractivity contribution is 5.89. The Kier molecular flexibility index (Phi) is 7.36. The molecule has 0 aliphatic rings. The average molecular weight is 493 g/mol. The van der Waals surface area contributed by atoms with Crippen molar-refractivity contribution in [1.82, 2.24) is 19.5 Å². The number of nitrogens with one attached hydrogen (secondary N) is 2. The normalized spacial score (nSPS) is 11.3. The van der Waals surface area contributed by atoms with Gasteiger partial charge in [-0.25, -0.2) is 4.98 Å². The summed E-state index contributed by atoms with van der Waals surface area (Å²) in [6.07, 6.45) is 4.05. The van der Waals surface area contributed by atoms with Crippen LogP contribution < -0.4 is 15.4 Å². The lowest BCUT2D eigenvalue weighted by Gasteiger charge is -2.17. The van der Waals surface area contributed by atoms with Gasteiger partial charge >= 0.3 is 0 Å². The molecular weight excluding hydrogens is 464 g/mol. The first kappa shape index (κ1) is 25.2. The summed E-state index contributed by atoms with van der Waals surface area (Å²) in [5.74, 6) is 1.54. The summed E-state index contributed by atoms with van der Waals surface area (Å²) in [5.41, 5.74) is 6.20. The zero-order valence-electron chi connectivity index (χ0n) is 21.5. The van der Waals surface area contributed by atoms with Crippen molar-refractivity contribution in [2.24, 2.45) is 0 Å². The third-order valence-corrected chi connectivity index (χ3v) is 6.00. The first-order valence-corrected chi connectivity index (χ1v) is 11.9. The van der Waals surface area contributed by atoms with Crippen molar-refractivity contribution in [1.29, 1.82) is 10.5 Å². The van der Waals surface area contributed by atoms with Gasteiger partial charge in [0, 0.05) is 17.8 Å². The number of hydrogen-bond acceptors (Lipinski definition) is 8. The third kappa shape index (κ3) is 5.21. The Hall–Kier alpha value is -4.89. The number of allylic oxidation sites excluding steroid dienone is 2. The van der Waals surface area contributed by atoms with E-state index in [-0.39, 0.29) is 6.04 Å². The molecule has 0 amide bonds. The third-order valence-electron chi connectivity index (χ3n) is 6.00. The summed E-state index contributed by atoms with van der Waals surface area (Å²) >= 11 is 0. The monoisotopic (exact) mass is 492 g/mol. The molecule has 9 nitrogen and oxygen atoms in total. The molecule has 2 N–H and O–H groups in total. The first-order valence-electron chi connectivity index (χ1n) is 11.9. The van der Waals surface area contributed by atoms with E-state index >= 15 is 0 Å². The van der Waals surface area contributed by atoms with Gasteiger partial charge in [0.15, 0.2) is 17.0 Å². The van der Waals surface area contributed by atoms with Crippen LogP contribution in [-0.2, 0) is 0 Å². The summed E-state index contributed by atoms with van der Waals surface area (Å²) in [7, 11) is 1.62. The lowest BCUT2D eigenvalue weighted by Crippen LogP contribution is -2.07. The Bertz CT molecular complexity index is 1550. The molecule has 0 bridgehead atoms. The molecule has 0 unspecified atom stereocenters. The van der Waals surface area contributed by atoms with Crippen LogP contribution in [0.25, 0.3) is 16.7 Å². The van der Waals surface area contributed by atoms with E-state index in [1.165, 1.54) is 0 Å². The van der Waals surface area contributed by atoms with Gasteiger partial charge in [0.2, 0.25) is 5.95 Å². The maximum absolute atomic E-state index is 9.16. The van der Waals surface area contributed by atoms with Crippen molar-refractivity contribution >= 4 is 39.9 Å². The molecule has 0 saturated heterocycles. The number of nitrogens with zero attached hydrogens (tertiary/aromatic N) is 6. The second kappa shape index (κ2) is 10.8. The topological polar surface area (TPSA) is 124 Å². The molecule has 9 heteroatoms. The van der Waals surface area contributed by atoms with E-state index in [9.17, 15) is 0 Å². The van der Waals surface area contributed by atoms with E-state index in [4.69, 9.17) is 25.2 Å². The Morgan fingerprint density at radius 3 is 2.51 bits per heavy atom. The van der Waals surface area contributed by atoms with E-state index < -0.39 is 0 Å². The van der Waals surface area contributed by atoms with Crippen molar-refractivity contribution in [3.05, 3.63) is 65.5 Å². The Labute approximate surface area is 216 Å². The second-order valence-corrected chi connectivity index (χ2v) is 8.78. The van der Waals surface area contributed by atoms with Crippen LogP contribution in [0.4, 0.5) is 23.1 Å². The number of anilines is 4. The molecule has 0 saturated carbocycles. The molecule has 4 aromatic rings. The molecule has 37 heavy (non-hydrogen) atoms. The van der Waals surface area contributed by atoms with Gasteiger partial charge in [0.25, 0.3) is 0 Å². The minimum absolute atomic E-state index is 0.144. The molecule has 0 fully saturated rings. The molecule has 0 radical (unpaired) electrons. The molecule has 2 aromatic heterocycles. The molecule has 2 heterocycles. The van der Waals surface area contributed by atoms with Gasteiger partial charge in [-0.3, -0.25) is 0 Å². The van der Waals surface area contributed by atoms with E-state index in [1.54, 1.807) is 31.6 Å².